The third-order valence-electron chi connectivity index (χ3n) is 5.96. The Balaban J connectivity index is 1.50. The Morgan fingerprint density at radius 3 is 2.90 bits per heavy atom. The quantitative estimate of drug-likeness (QED) is 0.543. The third kappa shape index (κ3) is 4.91. The number of rotatable bonds is 6. The second kappa shape index (κ2) is 9.73. The number of benzene rings is 1. The van der Waals surface area contributed by atoms with Crippen molar-refractivity contribution in [1.82, 2.24) is 25.4 Å². The number of nitrogens with one attached hydrogen (secondary N) is 2. The highest BCUT2D eigenvalue weighted by Gasteiger charge is 2.27. The first-order valence-corrected chi connectivity index (χ1v) is 11.9. The molecule has 2 N–H and O–H groups in total. The van der Waals surface area contributed by atoms with Crippen molar-refractivity contribution in [2.75, 3.05) is 12.4 Å². The molecule has 3 atom stereocenters. The van der Waals surface area contributed by atoms with Crippen molar-refractivity contribution in [3.05, 3.63) is 41.5 Å². The summed E-state index contributed by atoms with van der Waals surface area (Å²) in [5, 5.41) is 16.6. The largest absolute Gasteiger partial charge is 0.493 e. The lowest BCUT2D eigenvalue weighted by atomic mass is 10.0. The summed E-state index contributed by atoms with van der Waals surface area (Å²) in [4.78, 5) is 4.89. The topological polar surface area (TPSA) is 76.4 Å². The predicted octanol–water partition coefficient (Wildman–Crippen LogP) is 3.36. The lowest BCUT2D eigenvalue weighted by Gasteiger charge is -2.29. The Morgan fingerprint density at radius 1 is 1.23 bits per heavy atom. The molecule has 2 aromatic rings. The third-order valence-corrected chi connectivity index (χ3v) is 7.19. The van der Waals surface area contributed by atoms with Crippen LogP contribution >= 0.6 is 11.8 Å². The minimum absolute atomic E-state index is 0.185. The Morgan fingerprint density at radius 2 is 2.10 bits per heavy atom. The fourth-order valence-corrected chi connectivity index (χ4v) is 5.32. The van der Waals surface area contributed by atoms with E-state index in [9.17, 15) is 0 Å². The fraction of sp³-hybridized carbons (Fsp3) is 0.591. The summed E-state index contributed by atoms with van der Waals surface area (Å²) in [6.07, 6.45) is 4.56. The molecule has 0 amide bonds. The zero-order chi connectivity index (χ0) is 20.9. The van der Waals surface area contributed by atoms with Crippen molar-refractivity contribution in [2.24, 2.45) is 12.0 Å². The van der Waals surface area contributed by atoms with E-state index in [2.05, 4.69) is 51.6 Å². The highest BCUT2D eigenvalue weighted by Crippen LogP contribution is 2.32. The molecule has 4 rings (SSSR count). The van der Waals surface area contributed by atoms with Crippen molar-refractivity contribution in [3.63, 3.8) is 0 Å². The van der Waals surface area contributed by atoms with Crippen LogP contribution in [0.3, 0.4) is 0 Å². The summed E-state index contributed by atoms with van der Waals surface area (Å²) in [6, 6.07) is 8.91. The SMILES string of the molecule is CCSC1CCC(NC(=NCc2nnc(C)n2C)NC2CCOc3ccccc32)C1. The molecule has 1 aliphatic carbocycles. The van der Waals surface area contributed by atoms with Gasteiger partial charge in [-0.1, -0.05) is 25.1 Å². The van der Waals surface area contributed by atoms with Crippen molar-refractivity contribution >= 4 is 17.7 Å². The number of fused-ring (bicyclic) bond motifs is 1. The molecule has 3 unspecified atom stereocenters. The molecular formula is C22H32N6OS. The summed E-state index contributed by atoms with van der Waals surface area (Å²) in [7, 11) is 1.99. The first-order valence-electron chi connectivity index (χ1n) is 10.9. The molecule has 0 spiro atoms. The van der Waals surface area contributed by atoms with Gasteiger partial charge in [0.2, 0.25) is 0 Å². The molecular weight excluding hydrogens is 396 g/mol. The van der Waals surface area contributed by atoms with Crippen LogP contribution in [0, 0.1) is 6.92 Å². The van der Waals surface area contributed by atoms with Crippen molar-refractivity contribution in [3.8, 4) is 5.75 Å². The second-order valence-electron chi connectivity index (χ2n) is 7.99. The average molecular weight is 429 g/mol. The van der Waals surface area contributed by atoms with Gasteiger partial charge in [0.05, 0.1) is 12.6 Å². The molecule has 0 bridgehead atoms. The maximum Gasteiger partial charge on any atom is 0.192 e. The molecule has 2 aliphatic rings. The standard InChI is InChI=1S/C22H32N6OS/c1-4-30-17-10-9-16(13-17)24-22(23-14-21-27-26-15(2)28(21)3)25-19-11-12-29-20-8-6-5-7-18(19)20/h5-8,16-17,19H,4,9-14H2,1-3H3,(H2,23,24,25). The van der Waals surface area contributed by atoms with E-state index in [0.717, 1.165) is 35.0 Å². The van der Waals surface area contributed by atoms with Gasteiger partial charge in [0.15, 0.2) is 11.8 Å². The molecule has 1 fully saturated rings. The van der Waals surface area contributed by atoms with Crippen LogP contribution in [-0.2, 0) is 13.6 Å². The molecule has 162 valence electrons. The van der Waals surface area contributed by atoms with Crippen molar-refractivity contribution in [1.29, 1.82) is 0 Å². The molecule has 30 heavy (non-hydrogen) atoms. The number of aryl methyl sites for hydroxylation is 1. The lowest BCUT2D eigenvalue weighted by Crippen LogP contribution is -2.45. The highest BCUT2D eigenvalue weighted by molar-refractivity contribution is 7.99. The molecule has 8 heteroatoms. The van der Waals surface area contributed by atoms with Crippen LogP contribution in [0.2, 0.25) is 0 Å². The zero-order valence-corrected chi connectivity index (χ0v) is 18.9. The summed E-state index contributed by atoms with van der Waals surface area (Å²) in [5.74, 6) is 4.76. The number of hydrogen-bond donors (Lipinski definition) is 2. The van der Waals surface area contributed by atoms with Crippen molar-refractivity contribution < 1.29 is 4.74 Å². The monoisotopic (exact) mass is 428 g/mol. The van der Waals surface area contributed by atoms with Crippen LogP contribution in [0.5, 0.6) is 5.75 Å². The Bertz CT molecular complexity index is 882. The Hall–Kier alpha value is -2.22. The molecule has 1 saturated carbocycles. The van der Waals surface area contributed by atoms with E-state index in [1.807, 2.05) is 30.7 Å². The van der Waals surface area contributed by atoms with Crippen LogP contribution in [0.15, 0.2) is 29.3 Å². The maximum atomic E-state index is 5.83. The average Bonchev–Trinajstić information content (AvgIpc) is 3.33. The van der Waals surface area contributed by atoms with E-state index in [-0.39, 0.29) is 6.04 Å². The number of hydrogen-bond acceptors (Lipinski definition) is 5. The normalized spacial score (nSPS) is 23.7. The van der Waals surface area contributed by atoms with Gasteiger partial charge >= 0.3 is 0 Å². The van der Waals surface area contributed by atoms with Crippen LogP contribution in [0.25, 0.3) is 0 Å². The van der Waals surface area contributed by atoms with Crippen LogP contribution < -0.4 is 15.4 Å². The van der Waals surface area contributed by atoms with Crippen LogP contribution in [0.1, 0.15) is 55.9 Å². The van der Waals surface area contributed by atoms with E-state index >= 15 is 0 Å². The van der Waals surface area contributed by atoms with E-state index in [4.69, 9.17) is 9.73 Å². The molecule has 1 aliphatic heterocycles. The van der Waals surface area contributed by atoms with E-state index in [0.29, 0.717) is 19.2 Å². The zero-order valence-electron chi connectivity index (χ0n) is 18.1. The summed E-state index contributed by atoms with van der Waals surface area (Å²) in [5.41, 5.74) is 1.19. The van der Waals surface area contributed by atoms with Gasteiger partial charge in [0.25, 0.3) is 0 Å². The van der Waals surface area contributed by atoms with Gasteiger partial charge in [-0.3, -0.25) is 0 Å². The first-order chi connectivity index (χ1) is 14.6. The van der Waals surface area contributed by atoms with Gasteiger partial charge in [-0.05, 0) is 38.0 Å². The van der Waals surface area contributed by atoms with E-state index in [1.54, 1.807) is 0 Å². The summed E-state index contributed by atoms with van der Waals surface area (Å²) >= 11 is 2.07. The number of nitrogens with zero attached hydrogens (tertiary/aromatic N) is 4. The number of aliphatic imine (C=N–C) groups is 1. The number of guanidine groups is 1. The van der Waals surface area contributed by atoms with E-state index < -0.39 is 0 Å². The number of thioether (sulfide) groups is 1. The first kappa shape index (κ1) is 21.0. The van der Waals surface area contributed by atoms with Gasteiger partial charge in [-0.2, -0.15) is 11.8 Å². The molecule has 7 nitrogen and oxygen atoms in total. The number of aromatic nitrogens is 3. The smallest absolute Gasteiger partial charge is 0.192 e. The summed E-state index contributed by atoms with van der Waals surface area (Å²) in [6.45, 7) is 5.41. The molecule has 0 saturated heterocycles. The molecule has 2 heterocycles. The Kier molecular flexibility index (Phi) is 6.82. The Labute approximate surface area is 183 Å². The minimum Gasteiger partial charge on any atom is -0.493 e. The van der Waals surface area contributed by atoms with Crippen LogP contribution in [0.4, 0.5) is 0 Å². The molecule has 1 aromatic carbocycles. The van der Waals surface area contributed by atoms with Gasteiger partial charge in [-0.15, -0.1) is 10.2 Å². The van der Waals surface area contributed by atoms with E-state index in [1.165, 1.54) is 30.6 Å². The second-order valence-corrected chi connectivity index (χ2v) is 9.57. The highest BCUT2D eigenvalue weighted by atomic mass is 32.2. The number of ether oxygens (including phenoxy) is 1. The minimum atomic E-state index is 0.185. The van der Waals surface area contributed by atoms with Gasteiger partial charge in [0.1, 0.15) is 18.1 Å². The fourth-order valence-electron chi connectivity index (χ4n) is 4.18. The van der Waals surface area contributed by atoms with Gasteiger partial charge in [0, 0.05) is 30.3 Å². The van der Waals surface area contributed by atoms with Gasteiger partial charge < -0.3 is 19.9 Å². The predicted molar refractivity (Wildman–Crippen MR) is 122 cm³/mol. The van der Waals surface area contributed by atoms with Crippen molar-refractivity contribution in [2.45, 2.75) is 63.4 Å². The molecule has 0 radical (unpaired) electrons. The molecule has 1 aromatic heterocycles. The summed E-state index contributed by atoms with van der Waals surface area (Å²) < 4.78 is 7.83. The van der Waals surface area contributed by atoms with Gasteiger partial charge in [-0.25, -0.2) is 4.99 Å². The lowest BCUT2D eigenvalue weighted by molar-refractivity contribution is 0.261. The van der Waals surface area contributed by atoms with Crippen LogP contribution in [-0.4, -0.2) is 44.4 Å². The number of para-hydroxylation sites is 1. The maximum absolute atomic E-state index is 5.83.